The maximum absolute atomic E-state index is 14.3. The fourth-order valence-electron chi connectivity index (χ4n) is 14.3. The number of carbonyl (C=O) groups excluding carboxylic acids is 3. The summed E-state index contributed by atoms with van der Waals surface area (Å²) in [7, 11) is 0. The number of hydrogen-bond donors (Lipinski definition) is 4. The van der Waals surface area contributed by atoms with Crippen LogP contribution in [-0.2, 0) is 22.5 Å². The summed E-state index contributed by atoms with van der Waals surface area (Å²) in [5.74, 6) is 3.12. The molecule has 9 atom stereocenters. The Morgan fingerprint density at radius 2 is 1.48 bits per heavy atom. The van der Waals surface area contributed by atoms with Gasteiger partial charge in [-0.25, -0.2) is 0 Å². The average molecular weight is 795 g/mol. The lowest BCUT2D eigenvalue weighted by Crippen LogP contribution is -2.63. The van der Waals surface area contributed by atoms with Crippen molar-refractivity contribution in [2.45, 2.75) is 117 Å². The molecule has 9 unspecified atom stereocenters. The molecule has 9 heteroatoms. The molecule has 0 spiro atoms. The fourth-order valence-corrected chi connectivity index (χ4v) is 14.3. The smallest absolute Gasteiger partial charge is 0.251 e. The van der Waals surface area contributed by atoms with Crippen molar-refractivity contribution < 1.29 is 24.2 Å². The first-order valence-electron chi connectivity index (χ1n) is 22.9. The lowest BCUT2D eigenvalue weighted by atomic mass is 9.36. The van der Waals surface area contributed by atoms with Crippen molar-refractivity contribution in [1.82, 2.24) is 20.9 Å². The van der Waals surface area contributed by atoms with Gasteiger partial charge in [0.15, 0.2) is 0 Å². The number of amides is 3. The highest BCUT2D eigenvalue weighted by atomic mass is 16.5. The molecule has 58 heavy (non-hydrogen) atoms. The summed E-state index contributed by atoms with van der Waals surface area (Å²) in [6.07, 6.45) is 13.1. The molecule has 2 aromatic carbocycles. The van der Waals surface area contributed by atoms with Crippen LogP contribution in [0, 0.1) is 51.2 Å². The maximum Gasteiger partial charge on any atom is 0.251 e. The molecule has 5 saturated carbocycles. The number of aliphatic hydroxyl groups excluding tert-OH is 1. The van der Waals surface area contributed by atoms with Crippen molar-refractivity contribution in [3.63, 3.8) is 0 Å². The minimum atomic E-state index is -0.241. The Labute approximate surface area is 347 Å². The minimum absolute atomic E-state index is 0.0239. The lowest BCUT2D eigenvalue weighted by Gasteiger charge is -2.69. The van der Waals surface area contributed by atoms with E-state index < -0.39 is 0 Å². The Kier molecular flexibility index (Phi) is 11.9. The van der Waals surface area contributed by atoms with Crippen molar-refractivity contribution in [3.8, 4) is 0 Å². The summed E-state index contributed by atoms with van der Waals surface area (Å²) in [6, 6.07) is 15.1. The molecular weight excluding hydrogens is 725 g/mol. The third-order valence-corrected chi connectivity index (χ3v) is 17.3. The first-order chi connectivity index (χ1) is 27.8. The number of benzene rings is 2. The Morgan fingerprint density at radius 3 is 2.28 bits per heavy atom. The zero-order valence-corrected chi connectivity index (χ0v) is 35.8. The molecule has 8 rings (SSSR count). The van der Waals surface area contributed by atoms with Crippen molar-refractivity contribution in [3.05, 3.63) is 70.8 Å². The highest BCUT2D eigenvalue weighted by molar-refractivity contribution is 5.95. The number of hydrogen-bond acceptors (Lipinski definition) is 6. The van der Waals surface area contributed by atoms with Gasteiger partial charge in [-0.3, -0.25) is 19.3 Å². The van der Waals surface area contributed by atoms with Crippen LogP contribution in [0.3, 0.4) is 0 Å². The molecule has 9 nitrogen and oxygen atoms in total. The Balaban J connectivity index is 0.819. The quantitative estimate of drug-likeness (QED) is 0.192. The summed E-state index contributed by atoms with van der Waals surface area (Å²) < 4.78 is 5.39. The molecule has 2 aromatic rings. The largest absolute Gasteiger partial charge is 0.393 e. The zero-order valence-electron chi connectivity index (χ0n) is 35.8. The predicted octanol–water partition coefficient (Wildman–Crippen LogP) is 7.16. The summed E-state index contributed by atoms with van der Waals surface area (Å²) in [4.78, 5) is 42.4. The van der Waals surface area contributed by atoms with E-state index >= 15 is 0 Å². The summed E-state index contributed by atoms with van der Waals surface area (Å²) in [5.41, 5.74) is 3.51. The summed E-state index contributed by atoms with van der Waals surface area (Å²) in [6.45, 7) is 15.5. The molecule has 3 amide bonds. The molecule has 1 heterocycles. The van der Waals surface area contributed by atoms with Crippen molar-refractivity contribution in [2.24, 2.45) is 51.2 Å². The zero-order chi connectivity index (χ0) is 40.7. The van der Waals surface area contributed by atoms with Gasteiger partial charge in [0.2, 0.25) is 5.91 Å². The van der Waals surface area contributed by atoms with Gasteiger partial charge in [-0.1, -0.05) is 58.4 Å². The van der Waals surface area contributed by atoms with E-state index in [1.165, 1.54) is 38.5 Å². The third kappa shape index (κ3) is 7.66. The van der Waals surface area contributed by atoms with Crippen LogP contribution in [0.25, 0.3) is 0 Å². The van der Waals surface area contributed by atoms with Crippen LogP contribution >= 0.6 is 0 Å². The van der Waals surface area contributed by atoms with E-state index in [0.717, 1.165) is 76.1 Å². The highest BCUT2D eigenvalue weighted by Gasteiger charge is 2.67. The van der Waals surface area contributed by atoms with Gasteiger partial charge in [-0.05, 0) is 152 Å². The van der Waals surface area contributed by atoms with Crippen LogP contribution < -0.4 is 16.0 Å². The lowest BCUT2D eigenvalue weighted by molar-refractivity contribution is -0.214. The van der Waals surface area contributed by atoms with E-state index in [0.29, 0.717) is 72.2 Å². The molecule has 6 aliphatic rings. The Bertz CT molecular complexity index is 1810. The summed E-state index contributed by atoms with van der Waals surface area (Å²) >= 11 is 0. The summed E-state index contributed by atoms with van der Waals surface area (Å²) in [5, 5.41) is 20.5. The van der Waals surface area contributed by atoms with Crippen molar-refractivity contribution in [2.75, 3.05) is 45.9 Å². The van der Waals surface area contributed by atoms with E-state index in [1.54, 1.807) is 12.1 Å². The van der Waals surface area contributed by atoms with Gasteiger partial charge >= 0.3 is 0 Å². The van der Waals surface area contributed by atoms with E-state index in [2.05, 4.69) is 48.5 Å². The molecule has 0 bridgehead atoms. The van der Waals surface area contributed by atoms with E-state index in [1.807, 2.05) is 36.4 Å². The molecule has 5 aliphatic carbocycles. The molecule has 4 N–H and O–H groups in total. The first kappa shape index (κ1) is 41.5. The van der Waals surface area contributed by atoms with Gasteiger partial charge in [0, 0.05) is 50.4 Å². The molecule has 6 fully saturated rings. The molecule has 0 radical (unpaired) electrons. The van der Waals surface area contributed by atoms with Crippen LogP contribution in [0.1, 0.15) is 130 Å². The number of rotatable bonds is 11. The third-order valence-electron chi connectivity index (χ3n) is 17.3. The number of morpholine rings is 1. The molecular formula is C49H70N4O5. The number of carbonyl (C=O) groups is 3. The van der Waals surface area contributed by atoms with Gasteiger partial charge in [0.25, 0.3) is 11.8 Å². The minimum Gasteiger partial charge on any atom is -0.393 e. The SMILES string of the molecule is CC1(C)C(O)CCC2(C)C1CCC1(C)C3CCC4(C(=O)NCCc5cccc(C(=O)NCc6ccc(C(=O)NCCN7CCOCC7)cc6)c5)CCCC4C3CCC12. The van der Waals surface area contributed by atoms with Gasteiger partial charge in [0.1, 0.15) is 0 Å². The molecule has 1 aliphatic heterocycles. The van der Waals surface area contributed by atoms with E-state index in [9.17, 15) is 19.5 Å². The highest BCUT2D eigenvalue weighted by Crippen LogP contribution is 2.73. The second-order valence-corrected chi connectivity index (χ2v) is 20.4. The van der Waals surface area contributed by atoms with E-state index in [4.69, 9.17) is 4.74 Å². The number of fused-ring (bicyclic) bond motifs is 7. The van der Waals surface area contributed by atoms with Gasteiger partial charge < -0.3 is 25.8 Å². The molecule has 0 aromatic heterocycles. The number of aliphatic hydroxyl groups is 1. The number of ether oxygens (including phenoxy) is 1. The van der Waals surface area contributed by atoms with Crippen LogP contribution in [0.4, 0.5) is 0 Å². The van der Waals surface area contributed by atoms with Crippen LogP contribution in [0.15, 0.2) is 48.5 Å². The normalized spacial score (nSPS) is 35.4. The topological polar surface area (TPSA) is 120 Å². The van der Waals surface area contributed by atoms with Crippen molar-refractivity contribution in [1.29, 1.82) is 0 Å². The standard InChI is InChI=1S/C49H70N4O5/c1-46(2)40-17-21-47(3)38-16-23-49(20-6-9-39(49)37(38)14-15-41(47)48(40,4)22-18-42(46)54)45(57)51-24-19-33-7-5-8-36(31-33)44(56)52-32-34-10-12-35(13-11-34)43(55)50-25-26-53-27-29-58-30-28-53/h5,7-8,10-13,31,37-42,54H,6,9,14-30,32H2,1-4H3,(H,50,55)(H,51,57)(H,52,56). The molecule has 316 valence electrons. The first-order valence-corrected chi connectivity index (χ1v) is 22.9. The van der Waals surface area contributed by atoms with Crippen LogP contribution in [0.5, 0.6) is 0 Å². The average Bonchev–Trinajstić information content (AvgIpc) is 3.68. The molecule has 1 saturated heterocycles. The van der Waals surface area contributed by atoms with Crippen molar-refractivity contribution >= 4 is 17.7 Å². The fraction of sp³-hybridized carbons (Fsp3) is 0.694. The Hall–Kier alpha value is -3.27. The Morgan fingerprint density at radius 1 is 0.724 bits per heavy atom. The maximum atomic E-state index is 14.3. The number of nitrogens with zero attached hydrogens (tertiary/aromatic N) is 1. The predicted molar refractivity (Wildman–Crippen MR) is 227 cm³/mol. The monoisotopic (exact) mass is 795 g/mol. The van der Waals surface area contributed by atoms with Gasteiger partial charge in [-0.15, -0.1) is 0 Å². The second kappa shape index (κ2) is 16.6. The van der Waals surface area contributed by atoms with Crippen LogP contribution in [-0.4, -0.2) is 79.8 Å². The number of nitrogens with one attached hydrogen (secondary N) is 3. The second-order valence-electron chi connectivity index (χ2n) is 20.4. The van der Waals surface area contributed by atoms with Gasteiger partial charge in [0.05, 0.1) is 24.7 Å². The van der Waals surface area contributed by atoms with Gasteiger partial charge in [-0.2, -0.15) is 0 Å². The van der Waals surface area contributed by atoms with E-state index in [-0.39, 0.29) is 40.1 Å². The van der Waals surface area contributed by atoms with Crippen LogP contribution in [0.2, 0.25) is 0 Å².